The Morgan fingerprint density at radius 3 is 2.74 bits per heavy atom. The number of halogens is 1. The number of hydrogen-bond donors (Lipinski definition) is 2. The fraction of sp³-hybridized carbons (Fsp3) is 0.385. The number of nitrogens with one attached hydrogen (secondary N) is 1. The summed E-state index contributed by atoms with van der Waals surface area (Å²) in [6.07, 6.45) is 3.12. The molecule has 1 atom stereocenters. The molecule has 1 aromatic rings. The fourth-order valence-electron chi connectivity index (χ4n) is 1.94. The SMILES string of the molecule is O=C(O)c1ccc(NC(=O)C2CCCCS2)cc1Cl. The van der Waals surface area contributed by atoms with E-state index < -0.39 is 5.97 Å². The molecule has 102 valence electrons. The maximum absolute atomic E-state index is 12.0. The predicted molar refractivity (Wildman–Crippen MR) is 77.1 cm³/mol. The zero-order valence-electron chi connectivity index (χ0n) is 10.2. The normalized spacial score (nSPS) is 18.9. The lowest BCUT2D eigenvalue weighted by Crippen LogP contribution is -2.27. The lowest BCUT2D eigenvalue weighted by atomic mass is 10.1. The van der Waals surface area contributed by atoms with Crippen molar-refractivity contribution in [2.45, 2.75) is 24.5 Å². The number of aromatic carboxylic acids is 1. The molecule has 1 aromatic carbocycles. The molecule has 0 bridgehead atoms. The van der Waals surface area contributed by atoms with E-state index in [1.165, 1.54) is 12.1 Å². The summed E-state index contributed by atoms with van der Waals surface area (Å²) in [6, 6.07) is 4.42. The van der Waals surface area contributed by atoms with Crippen LogP contribution in [0.2, 0.25) is 5.02 Å². The van der Waals surface area contributed by atoms with Crippen molar-refractivity contribution in [3.8, 4) is 0 Å². The van der Waals surface area contributed by atoms with Crippen LogP contribution in [-0.2, 0) is 4.79 Å². The van der Waals surface area contributed by atoms with Gasteiger partial charge in [0, 0.05) is 5.69 Å². The molecule has 19 heavy (non-hydrogen) atoms. The van der Waals surface area contributed by atoms with Crippen molar-refractivity contribution in [2.75, 3.05) is 11.1 Å². The molecule has 0 spiro atoms. The van der Waals surface area contributed by atoms with Crippen molar-refractivity contribution >= 4 is 40.9 Å². The quantitative estimate of drug-likeness (QED) is 0.899. The first-order valence-electron chi connectivity index (χ1n) is 6.03. The molecule has 1 aliphatic heterocycles. The third-order valence-electron chi connectivity index (χ3n) is 2.94. The van der Waals surface area contributed by atoms with Crippen molar-refractivity contribution in [1.82, 2.24) is 0 Å². The Morgan fingerprint density at radius 2 is 2.16 bits per heavy atom. The minimum absolute atomic E-state index is 0.0216. The first-order valence-corrected chi connectivity index (χ1v) is 7.46. The largest absolute Gasteiger partial charge is 0.478 e. The average Bonchev–Trinajstić information content (AvgIpc) is 2.39. The number of carboxylic acids is 1. The Balaban J connectivity index is 2.04. The van der Waals surface area contributed by atoms with Crippen LogP contribution in [0.3, 0.4) is 0 Å². The van der Waals surface area contributed by atoms with Gasteiger partial charge in [-0.1, -0.05) is 18.0 Å². The van der Waals surface area contributed by atoms with Gasteiger partial charge in [-0.05, 0) is 36.8 Å². The molecule has 0 aromatic heterocycles. The fourth-order valence-corrected chi connectivity index (χ4v) is 3.40. The second kappa shape index (κ2) is 6.30. The van der Waals surface area contributed by atoms with Crippen molar-refractivity contribution in [2.24, 2.45) is 0 Å². The van der Waals surface area contributed by atoms with Crippen LogP contribution in [0.1, 0.15) is 29.6 Å². The Hall–Kier alpha value is -1.20. The molecule has 1 fully saturated rings. The van der Waals surface area contributed by atoms with Gasteiger partial charge in [0.25, 0.3) is 0 Å². The van der Waals surface area contributed by atoms with Gasteiger partial charge in [-0.25, -0.2) is 4.79 Å². The van der Waals surface area contributed by atoms with Gasteiger partial charge >= 0.3 is 5.97 Å². The monoisotopic (exact) mass is 299 g/mol. The van der Waals surface area contributed by atoms with Gasteiger partial charge in [-0.15, -0.1) is 11.8 Å². The van der Waals surface area contributed by atoms with Gasteiger partial charge in [0.1, 0.15) is 0 Å². The molecule has 1 aliphatic rings. The standard InChI is InChI=1S/C13H14ClNO3S/c14-10-7-8(4-5-9(10)13(17)18)15-12(16)11-3-1-2-6-19-11/h4-5,7,11H,1-3,6H2,(H,15,16)(H,17,18). The Bertz CT molecular complexity index is 501. The molecule has 0 saturated carbocycles. The molecular weight excluding hydrogens is 286 g/mol. The lowest BCUT2D eigenvalue weighted by molar-refractivity contribution is -0.115. The van der Waals surface area contributed by atoms with Crippen LogP contribution >= 0.6 is 23.4 Å². The van der Waals surface area contributed by atoms with Crippen LogP contribution in [0.5, 0.6) is 0 Å². The molecule has 0 radical (unpaired) electrons. The molecule has 1 saturated heterocycles. The summed E-state index contributed by atoms with van der Waals surface area (Å²) < 4.78 is 0. The molecular formula is C13H14ClNO3S. The molecule has 0 aliphatic carbocycles. The van der Waals surface area contributed by atoms with E-state index in [4.69, 9.17) is 16.7 Å². The molecule has 6 heteroatoms. The summed E-state index contributed by atoms with van der Waals surface area (Å²) in [5, 5.41) is 11.8. The van der Waals surface area contributed by atoms with Crippen molar-refractivity contribution in [3.63, 3.8) is 0 Å². The van der Waals surface area contributed by atoms with Crippen LogP contribution in [-0.4, -0.2) is 28.0 Å². The van der Waals surface area contributed by atoms with Gasteiger partial charge in [-0.3, -0.25) is 4.79 Å². The smallest absolute Gasteiger partial charge is 0.337 e. The number of benzene rings is 1. The molecule has 1 heterocycles. The van der Waals surface area contributed by atoms with Crippen LogP contribution in [0.15, 0.2) is 18.2 Å². The highest BCUT2D eigenvalue weighted by Crippen LogP contribution is 2.27. The number of carbonyl (C=O) groups is 2. The van der Waals surface area contributed by atoms with E-state index in [2.05, 4.69) is 5.32 Å². The van der Waals surface area contributed by atoms with Gasteiger partial charge in [0.05, 0.1) is 15.8 Å². The van der Waals surface area contributed by atoms with Crippen molar-refractivity contribution in [3.05, 3.63) is 28.8 Å². The second-order valence-electron chi connectivity index (χ2n) is 4.34. The van der Waals surface area contributed by atoms with E-state index >= 15 is 0 Å². The Labute approximate surface area is 120 Å². The second-order valence-corrected chi connectivity index (χ2v) is 6.06. The van der Waals surface area contributed by atoms with E-state index in [0.717, 1.165) is 25.0 Å². The third kappa shape index (κ3) is 3.64. The average molecular weight is 300 g/mol. The van der Waals surface area contributed by atoms with Gasteiger partial charge < -0.3 is 10.4 Å². The molecule has 4 nitrogen and oxygen atoms in total. The number of rotatable bonds is 3. The highest BCUT2D eigenvalue weighted by atomic mass is 35.5. The minimum Gasteiger partial charge on any atom is -0.478 e. The topological polar surface area (TPSA) is 66.4 Å². The van der Waals surface area contributed by atoms with Gasteiger partial charge in [0.15, 0.2) is 0 Å². The summed E-state index contributed by atoms with van der Waals surface area (Å²) in [5.41, 5.74) is 0.567. The van der Waals surface area contributed by atoms with E-state index in [-0.39, 0.29) is 21.7 Å². The maximum Gasteiger partial charge on any atom is 0.337 e. The molecule has 2 N–H and O–H groups in total. The predicted octanol–water partition coefficient (Wildman–Crippen LogP) is 3.26. The van der Waals surface area contributed by atoms with Gasteiger partial charge in [-0.2, -0.15) is 0 Å². The first kappa shape index (κ1) is 14.2. The Kier molecular flexibility index (Phi) is 4.71. The van der Waals surface area contributed by atoms with Crippen LogP contribution < -0.4 is 5.32 Å². The zero-order valence-corrected chi connectivity index (χ0v) is 11.8. The van der Waals surface area contributed by atoms with Crippen molar-refractivity contribution in [1.29, 1.82) is 0 Å². The number of hydrogen-bond acceptors (Lipinski definition) is 3. The maximum atomic E-state index is 12.0. The van der Waals surface area contributed by atoms with E-state index in [9.17, 15) is 9.59 Å². The van der Waals surface area contributed by atoms with Crippen LogP contribution in [0, 0.1) is 0 Å². The summed E-state index contributed by atoms with van der Waals surface area (Å²) in [6.45, 7) is 0. The molecule has 1 amide bonds. The minimum atomic E-state index is -1.08. The van der Waals surface area contributed by atoms with E-state index in [1.807, 2.05) is 0 Å². The van der Waals surface area contributed by atoms with Crippen LogP contribution in [0.4, 0.5) is 5.69 Å². The summed E-state index contributed by atoms with van der Waals surface area (Å²) in [5.74, 6) is -0.105. The van der Waals surface area contributed by atoms with E-state index in [1.54, 1.807) is 17.8 Å². The Morgan fingerprint density at radius 1 is 1.37 bits per heavy atom. The van der Waals surface area contributed by atoms with Crippen LogP contribution in [0.25, 0.3) is 0 Å². The zero-order chi connectivity index (χ0) is 13.8. The lowest BCUT2D eigenvalue weighted by Gasteiger charge is -2.20. The van der Waals surface area contributed by atoms with Gasteiger partial charge in [0.2, 0.25) is 5.91 Å². The number of carbonyl (C=O) groups excluding carboxylic acids is 1. The molecule has 1 unspecified atom stereocenters. The summed E-state index contributed by atoms with van der Waals surface area (Å²) in [4.78, 5) is 22.8. The summed E-state index contributed by atoms with van der Waals surface area (Å²) in [7, 11) is 0. The number of amides is 1. The number of thioether (sulfide) groups is 1. The van der Waals surface area contributed by atoms with Crippen molar-refractivity contribution < 1.29 is 14.7 Å². The summed E-state index contributed by atoms with van der Waals surface area (Å²) >= 11 is 7.52. The third-order valence-corrected chi connectivity index (χ3v) is 4.63. The highest BCUT2D eigenvalue weighted by molar-refractivity contribution is 8.00. The highest BCUT2D eigenvalue weighted by Gasteiger charge is 2.22. The van der Waals surface area contributed by atoms with E-state index in [0.29, 0.717) is 5.69 Å². The number of anilines is 1. The number of carboxylic acid groups (broad SMARTS) is 1. The molecule has 2 rings (SSSR count). The first-order chi connectivity index (χ1) is 9.08.